The van der Waals surface area contributed by atoms with Crippen molar-refractivity contribution < 1.29 is 9.00 Å². The van der Waals surface area contributed by atoms with Gasteiger partial charge in [-0.15, -0.1) is 0 Å². The molecular weight excluding hydrogens is 200 g/mol. The molecule has 0 aliphatic heterocycles. The Kier molecular flexibility index (Phi) is 2.90. The van der Waals surface area contributed by atoms with Crippen LogP contribution in [-0.2, 0) is 9.73 Å². The van der Waals surface area contributed by atoms with Gasteiger partial charge in [0.25, 0.3) is 5.91 Å². The van der Waals surface area contributed by atoms with Crippen molar-refractivity contribution in [1.29, 1.82) is 0 Å². The Morgan fingerprint density at radius 1 is 1.36 bits per heavy atom. The molecule has 1 rings (SSSR count). The number of hydrogen-bond donors (Lipinski definition) is 1. The molecule has 0 atom stereocenters. The first-order chi connectivity index (χ1) is 6.40. The van der Waals surface area contributed by atoms with Crippen molar-refractivity contribution in [3.8, 4) is 0 Å². The molecule has 0 unspecified atom stereocenters. The summed E-state index contributed by atoms with van der Waals surface area (Å²) >= 11 is 0. The molecule has 0 spiro atoms. The highest BCUT2D eigenvalue weighted by Crippen LogP contribution is 2.12. The molecule has 5 heteroatoms. The lowest BCUT2D eigenvalue weighted by Crippen LogP contribution is -2.04. The van der Waals surface area contributed by atoms with Crippen LogP contribution in [0.2, 0.25) is 0 Å². The molecule has 14 heavy (non-hydrogen) atoms. The third kappa shape index (κ3) is 2.85. The van der Waals surface area contributed by atoms with Gasteiger partial charge in [-0.25, -0.2) is 4.21 Å². The molecule has 0 saturated carbocycles. The number of para-hydroxylation sites is 1. The minimum absolute atomic E-state index is 0.295. The number of benzene rings is 1. The fraction of sp³-hybridized carbons (Fsp3) is 0.222. The number of carbonyl (C=O) groups is 1. The van der Waals surface area contributed by atoms with Crippen LogP contribution in [0.1, 0.15) is 10.4 Å². The molecule has 2 N–H and O–H groups in total. The highest BCUT2D eigenvalue weighted by Gasteiger charge is 2.08. The molecule has 0 bridgehead atoms. The normalized spacial score (nSPS) is 11.0. The molecule has 4 nitrogen and oxygen atoms in total. The van der Waals surface area contributed by atoms with Gasteiger partial charge in [-0.2, -0.15) is 4.36 Å². The summed E-state index contributed by atoms with van der Waals surface area (Å²) in [6.45, 7) is 0. The van der Waals surface area contributed by atoms with E-state index in [0.29, 0.717) is 11.3 Å². The van der Waals surface area contributed by atoms with Gasteiger partial charge in [-0.3, -0.25) is 4.79 Å². The van der Waals surface area contributed by atoms with E-state index in [1.54, 1.807) is 24.3 Å². The summed E-state index contributed by atoms with van der Waals surface area (Å²) in [7, 11) is -2.42. The second-order valence-corrected chi connectivity index (χ2v) is 5.71. The van der Waals surface area contributed by atoms with E-state index < -0.39 is 15.6 Å². The fourth-order valence-electron chi connectivity index (χ4n) is 0.941. The van der Waals surface area contributed by atoms with Crippen molar-refractivity contribution >= 4 is 21.3 Å². The first kappa shape index (κ1) is 10.7. The molecule has 1 amide bonds. The molecule has 0 saturated heterocycles. The van der Waals surface area contributed by atoms with Gasteiger partial charge in [0.15, 0.2) is 0 Å². The number of rotatable bonds is 1. The summed E-state index contributed by atoms with van der Waals surface area (Å²) in [5, 5.41) is 0. The second-order valence-electron chi connectivity index (χ2n) is 3.16. The Bertz CT molecular complexity index is 465. The van der Waals surface area contributed by atoms with E-state index in [0.717, 1.165) is 0 Å². The largest absolute Gasteiger partial charge is 0.398 e. The van der Waals surface area contributed by atoms with Gasteiger partial charge in [0.1, 0.15) is 0 Å². The summed E-state index contributed by atoms with van der Waals surface area (Å²) in [5.74, 6) is -0.530. The van der Waals surface area contributed by atoms with E-state index in [-0.39, 0.29) is 0 Å². The minimum atomic E-state index is -2.42. The Hall–Kier alpha value is -1.36. The van der Waals surface area contributed by atoms with Crippen molar-refractivity contribution in [3.63, 3.8) is 0 Å². The van der Waals surface area contributed by atoms with Gasteiger partial charge >= 0.3 is 0 Å². The maximum Gasteiger partial charge on any atom is 0.287 e. The number of amides is 1. The topological polar surface area (TPSA) is 72.5 Å². The van der Waals surface area contributed by atoms with Crippen LogP contribution in [0.3, 0.4) is 0 Å². The predicted molar refractivity (Wildman–Crippen MR) is 57.6 cm³/mol. The number of nitrogen functional groups attached to an aromatic ring is 1. The predicted octanol–water partition coefficient (Wildman–Crippen LogP) is 1.14. The summed E-state index contributed by atoms with van der Waals surface area (Å²) in [6, 6.07) is 6.58. The highest BCUT2D eigenvalue weighted by atomic mass is 32.2. The quantitative estimate of drug-likeness (QED) is 0.709. The molecular formula is C9H12N2O2S. The molecule has 1 aromatic rings. The van der Waals surface area contributed by atoms with Gasteiger partial charge in [0, 0.05) is 27.9 Å². The summed E-state index contributed by atoms with van der Waals surface area (Å²) in [4.78, 5) is 11.5. The first-order valence-electron chi connectivity index (χ1n) is 3.96. The van der Waals surface area contributed by atoms with Gasteiger partial charge < -0.3 is 5.73 Å². The Morgan fingerprint density at radius 3 is 2.43 bits per heavy atom. The van der Waals surface area contributed by atoms with E-state index in [1.165, 1.54) is 12.5 Å². The highest BCUT2D eigenvalue weighted by molar-refractivity contribution is 7.92. The van der Waals surface area contributed by atoms with E-state index >= 15 is 0 Å². The monoisotopic (exact) mass is 212 g/mol. The van der Waals surface area contributed by atoms with Crippen molar-refractivity contribution in [1.82, 2.24) is 0 Å². The molecule has 0 aliphatic rings. The number of anilines is 1. The van der Waals surface area contributed by atoms with E-state index in [9.17, 15) is 9.00 Å². The van der Waals surface area contributed by atoms with Crippen molar-refractivity contribution in [3.05, 3.63) is 29.8 Å². The van der Waals surface area contributed by atoms with E-state index in [1.807, 2.05) is 0 Å². The second kappa shape index (κ2) is 3.79. The summed E-state index contributed by atoms with van der Waals surface area (Å²) < 4.78 is 14.8. The zero-order valence-electron chi connectivity index (χ0n) is 8.06. The number of nitrogens with two attached hydrogens (primary N) is 1. The minimum Gasteiger partial charge on any atom is -0.398 e. The molecule has 0 aromatic heterocycles. The smallest absolute Gasteiger partial charge is 0.287 e. The molecule has 0 aliphatic carbocycles. The van der Waals surface area contributed by atoms with E-state index in [4.69, 9.17) is 5.73 Å². The van der Waals surface area contributed by atoms with Crippen molar-refractivity contribution in [2.45, 2.75) is 0 Å². The zero-order chi connectivity index (χ0) is 10.8. The number of carbonyl (C=O) groups excluding carboxylic acids is 1. The van der Waals surface area contributed by atoms with Crippen molar-refractivity contribution in [2.75, 3.05) is 18.2 Å². The summed E-state index contributed by atoms with van der Waals surface area (Å²) in [6.07, 6.45) is 2.81. The third-order valence-electron chi connectivity index (χ3n) is 1.49. The van der Waals surface area contributed by atoms with Crippen molar-refractivity contribution in [2.24, 2.45) is 4.36 Å². The van der Waals surface area contributed by atoms with Gasteiger partial charge in [0.2, 0.25) is 0 Å². The molecule has 0 heterocycles. The lowest BCUT2D eigenvalue weighted by Gasteiger charge is -2.00. The SMILES string of the molecule is CS(C)(=O)=NC(=O)c1ccccc1N. The van der Waals surface area contributed by atoms with Crippen LogP contribution in [0.15, 0.2) is 28.6 Å². The van der Waals surface area contributed by atoms with E-state index in [2.05, 4.69) is 4.36 Å². The summed E-state index contributed by atoms with van der Waals surface area (Å²) in [5.41, 5.74) is 6.21. The van der Waals surface area contributed by atoms with Crippen LogP contribution in [0.25, 0.3) is 0 Å². The molecule has 0 radical (unpaired) electrons. The van der Waals surface area contributed by atoms with Crippen LogP contribution in [0, 0.1) is 0 Å². The molecule has 0 fully saturated rings. The van der Waals surface area contributed by atoms with Crippen LogP contribution in [-0.4, -0.2) is 22.6 Å². The first-order valence-corrected chi connectivity index (χ1v) is 6.29. The third-order valence-corrected chi connectivity index (χ3v) is 2.10. The Labute approximate surface area is 83.3 Å². The lowest BCUT2D eigenvalue weighted by molar-refractivity contribution is 0.101. The van der Waals surface area contributed by atoms with Gasteiger partial charge in [-0.05, 0) is 12.1 Å². The standard InChI is InChI=1S/C9H12N2O2S/c1-14(2,13)11-9(12)7-5-3-4-6-8(7)10/h3-6H,10H2,1-2H3. The van der Waals surface area contributed by atoms with Crippen LogP contribution in [0.5, 0.6) is 0 Å². The zero-order valence-corrected chi connectivity index (χ0v) is 8.88. The average Bonchev–Trinajstić information content (AvgIpc) is 2.01. The van der Waals surface area contributed by atoms with Gasteiger partial charge in [-0.1, -0.05) is 12.1 Å². The molecule has 76 valence electrons. The number of nitrogens with zero attached hydrogens (tertiary/aromatic N) is 1. The Morgan fingerprint density at radius 2 is 1.93 bits per heavy atom. The van der Waals surface area contributed by atoms with Crippen LogP contribution in [0.4, 0.5) is 5.69 Å². The van der Waals surface area contributed by atoms with Crippen LogP contribution >= 0.6 is 0 Å². The average molecular weight is 212 g/mol. The fourth-order valence-corrected chi connectivity index (χ4v) is 1.44. The Balaban J connectivity index is 3.16. The number of hydrogen-bond acceptors (Lipinski definition) is 3. The molecule has 1 aromatic carbocycles. The maximum absolute atomic E-state index is 11.5. The lowest BCUT2D eigenvalue weighted by atomic mass is 10.2. The van der Waals surface area contributed by atoms with Gasteiger partial charge in [0.05, 0.1) is 5.56 Å². The maximum atomic E-state index is 11.5. The van der Waals surface area contributed by atoms with Crippen LogP contribution < -0.4 is 5.73 Å².